The Kier molecular flexibility index (Phi) is 5.09. The summed E-state index contributed by atoms with van der Waals surface area (Å²) in [7, 11) is 0. The van der Waals surface area contributed by atoms with Crippen molar-refractivity contribution in [1.29, 1.82) is 0 Å². The number of benzene rings is 1. The van der Waals surface area contributed by atoms with Crippen LogP contribution in [0.3, 0.4) is 0 Å². The fraction of sp³-hybridized carbons (Fsp3) is 0.600. The molecule has 0 bridgehead atoms. The van der Waals surface area contributed by atoms with Crippen molar-refractivity contribution >= 4 is 5.69 Å². The molecule has 1 aromatic carbocycles. The maximum Gasteiger partial charge on any atom is 0.274 e. The topological polar surface area (TPSA) is 58.4 Å². The fourth-order valence-corrected chi connectivity index (χ4v) is 2.94. The Morgan fingerprint density at radius 3 is 2.60 bits per heavy atom. The van der Waals surface area contributed by atoms with E-state index in [1.807, 2.05) is 19.1 Å². The Labute approximate surface area is 120 Å². The number of hydrogen-bond donors (Lipinski definition) is 1. The van der Waals surface area contributed by atoms with Crippen molar-refractivity contribution in [3.05, 3.63) is 39.9 Å². The second kappa shape index (κ2) is 6.81. The Morgan fingerprint density at radius 2 is 1.95 bits per heavy atom. The lowest BCUT2D eigenvalue weighted by Gasteiger charge is -2.24. The summed E-state index contributed by atoms with van der Waals surface area (Å²) in [5.74, 6) is 0. The summed E-state index contributed by atoms with van der Waals surface area (Å²) in [6.45, 7) is 7.48. The van der Waals surface area contributed by atoms with Gasteiger partial charge in [-0.3, -0.25) is 10.1 Å². The third kappa shape index (κ3) is 3.77. The van der Waals surface area contributed by atoms with Crippen LogP contribution in [0, 0.1) is 10.1 Å². The van der Waals surface area contributed by atoms with Crippen LogP contribution in [0.5, 0.6) is 0 Å². The van der Waals surface area contributed by atoms with Gasteiger partial charge in [0.05, 0.1) is 4.92 Å². The van der Waals surface area contributed by atoms with Crippen molar-refractivity contribution < 1.29 is 4.92 Å². The number of nitrogens with zero attached hydrogens (tertiary/aromatic N) is 2. The SMILES string of the molecule is CC(CN1CCCC1)NC(C)c1ccccc1[N+](=O)[O-]. The lowest BCUT2D eigenvalue weighted by atomic mass is 10.1. The van der Waals surface area contributed by atoms with E-state index in [0.29, 0.717) is 6.04 Å². The quantitative estimate of drug-likeness (QED) is 0.641. The van der Waals surface area contributed by atoms with Gasteiger partial charge < -0.3 is 10.2 Å². The standard InChI is InChI=1S/C15H23N3O2/c1-12(11-17-9-5-6-10-17)16-13(2)14-7-3-4-8-15(14)18(19)20/h3-4,7-8,12-13,16H,5-6,9-11H2,1-2H3. The summed E-state index contributed by atoms with van der Waals surface area (Å²) in [4.78, 5) is 13.2. The first-order valence-corrected chi connectivity index (χ1v) is 7.29. The average molecular weight is 277 g/mol. The molecule has 5 heteroatoms. The summed E-state index contributed by atoms with van der Waals surface area (Å²) in [5, 5.41) is 14.5. The molecule has 1 N–H and O–H groups in total. The van der Waals surface area contributed by atoms with Crippen molar-refractivity contribution in [2.75, 3.05) is 19.6 Å². The van der Waals surface area contributed by atoms with E-state index in [2.05, 4.69) is 17.1 Å². The van der Waals surface area contributed by atoms with E-state index in [9.17, 15) is 10.1 Å². The van der Waals surface area contributed by atoms with E-state index in [-0.39, 0.29) is 16.7 Å². The van der Waals surface area contributed by atoms with Crippen LogP contribution in [0.25, 0.3) is 0 Å². The van der Waals surface area contributed by atoms with Gasteiger partial charge in [-0.1, -0.05) is 18.2 Å². The zero-order valence-corrected chi connectivity index (χ0v) is 12.2. The van der Waals surface area contributed by atoms with Crippen molar-refractivity contribution in [3.8, 4) is 0 Å². The van der Waals surface area contributed by atoms with Gasteiger partial charge in [-0.2, -0.15) is 0 Å². The highest BCUT2D eigenvalue weighted by Crippen LogP contribution is 2.24. The smallest absolute Gasteiger partial charge is 0.274 e. The maximum absolute atomic E-state index is 11.1. The fourth-order valence-electron chi connectivity index (χ4n) is 2.94. The van der Waals surface area contributed by atoms with Crippen LogP contribution in [-0.2, 0) is 0 Å². The molecule has 0 saturated carbocycles. The van der Waals surface area contributed by atoms with Gasteiger partial charge in [-0.05, 0) is 39.8 Å². The first-order valence-electron chi connectivity index (χ1n) is 7.29. The van der Waals surface area contributed by atoms with Crippen LogP contribution < -0.4 is 5.32 Å². The highest BCUT2D eigenvalue weighted by atomic mass is 16.6. The molecule has 5 nitrogen and oxygen atoms in total. The predicted octanol–water partition coefficient (Wildman–Crippen LogP) is 2.73. The van der Waals surface area contributed by atoms with E-state index in [4.69, 9.17) is 0 Å². The normalized spacial score (nSPS) is 18.9. The number of likely N-dealkylation sites (tertiary alicyclic amines) is 1. The van der Waals surface area contributed by atoms with Gasteiger partial charge in [-0.15, -0.1) is 0 Å². The van der Waals surface area contributed by atoms with Crippen LogP contribution in [0.15, 0.2) is 24.3 Å². The van der Waals surface area contributed by atoms with E-state index in [0.717, 1.165) is 12.1 Å². The molecule has 1 aromatic rings. The minimum absolute atomic E-state index is 0.0193. The molecule has 1 saturated heterocycles. The number of nitro benzene ring substituents is 1. The Morgan fingerprint density at radius 1 is 1.30 bits per heavy atom. The zero-order chi connectivity index (χ0) is 14.5. The molecule has 1 fully saturated rings. The van der Waals surface area contributed by atoms with Crippen molar-refractivity contribution in [1.82, 2.24) is 10.2 Å². The number of nitrogens with one attached hydrogen (secondary N) is 1. The van der Waals surface area contributed by atoms with E-state index in [1.165, 1.54) is 25.9 Å². The molecule has 1 aliphatic rings. The van der Waals surface area contributed by atoms with Gasteiger partial charge in [0.1, 0.15) is 0 Å². The molecule has 0 aliphatic carbocycles. The molecular weight excluding hydrogens is 254 g/mol. The van der Waals surface area contributed by atoms with E-state index >= 15 is 0 Å². The zero-order valence-electron chi connectivity index (χ0n) is 12.2. The highest BCUT2D eigenvalue weighted by Gasteiger charge is 2.21. The molecule has 0 radical (unpaired) electrons. The molecule has 110 valence electrons. The summed E-state index contributed by atoms with van der Waals surface area (Å²) >= 11 is 0. The maximum atomic E-state index is 11.1. The van der Waals surface area contributed by atoms with Gasteiger partial charge >= 0.3 is 0 Å². The van der Waals surface area contributed by atoms with Crippen molar-refractivity contribution in [3.63, 3.8) is 0 Å². The third-order valence-electron chi connectivity index (χ3n) is 3.87. The minimum atomic E-state index is -0.307. The molecule has 2 atom stereocenters. The second-order valence-corrected chi connectivity index (χ2v) is 5.61. The molecular formula is C15H23N3O2. The summed E-state index contributed by atoms with van der Waals surface area (Å²) < 4.78 is 0. The van der Waals surface area contributed by atoms with E-state index < -0.39 is 0 Å². The molecule has 0 spiro atoms. The monoisotopic (exact) mass is 277 g/mol. The summed E-state index contributed by atoms with van der Waals surface area (Å²) in [5.41, 5.74) is 0.951. The molecule has 0 aromatic heterocycles. The summed E-state index contributed by atoms with van der Waals surface area (Å²) in [6, 6.07) is 7.27. The lowest BCUT2D eigenvalue weighted by molar-refractivity contribution is -0.385. The van der Waals surface area contributed by atoms with E-state index in [1.54, 1.807) is 12.1 Å². The Hall–Kier alpha value is -1.46. The average Bonchev–Trinajstić information content (AvgIpc) is 2.91. The first kappa shape index (κ1) is 14.9. The number of nitro groups is 1. The molecule has 20 heavy (non-hydrogen) atoms. The molecule has 0 amide bonds. The van der Waals surface area contributed by atoms with Crippen LogP contribution in [-0.4, -0.2) is 35.5 Å². The molecule has 2 unspecified atom stereocenters. The Bertz CT molecular complexity index is 458. The van der Waals surface area contributed by atoms with Gasteiger partial charge in [-0.25, -0.2) is 0 Å². The molecule has 1 heterocycles. The van der Waals surface area contributed by atoms with Crippen LogP contribution >= 0.6 is 0 Å². The number of rotatable bonds is 6. The number of para-hydroxylation sites is 1. The lowest BCUT2D eigenvalue weighted by Crippen LogP contribution is -2.39. The third-order valence-corrected chi connectivity index (χ3v) is 3.87. The predicted molar refractivity (Wildman–Crippen MR) is 79.8 cm³/mol. The molecule has 2 rings (SSSR count). The number of hydrogen-bond acceptors (Lipinski definition) is 4. The largest absolute Gasteiger partial charge is 0.306 e. The van der Waals surface area contributed by atoms with Crippen LogP contribution in [0.2, 0.25) is 0 Å². The minimum Gasteiger partial charge on any atom is -0.306 e. The van der Waals surface area contributed by atoms with Gasteiger partial charge in [0, 0.05) is 30.3 Å². The second-order valence-electron chi connectivity index (χ2n) is 5.61. The van der Waals surface area contributed by atoms with Crippen LogP contribution in [0.1, 0.15) is 38.3 Å². The van der Waals surface area contributed by atoms with Crippen LogP contribution in [0.4, 0.5) is 5.69 Å². The summed E-state index contributed by atoms with van der Waals surface area (Å²) in [6.07, 6.45) is 2.57. The van der Waals surface area contributed by atoms with Crippen molar-refractivity contribution in [2.24, 2.45) is 0 Å². The first-order chi connectivity index (χ1) is 9.58. The van der Waals surface area contributed by atoms with Crippen molar-refractivity contribution in [2.45, 2.75) is 38.8 Å². The highest BCUT2D eigenvalue weighted by molar-refractivity contribution is 5.41. The van der Waals surface area contributed by atoms with Gasteiger partial charge in [0.2, 0.25) is 0 Å². The van der Waals surface area contributed by atoms with Gasteiger partial charge in [0.25, 0.3) is 5.69 Å². The Balaban J connectivity index is 1.96. The molecule has 1 aliphatic heterocycles. The van der Waals surface area contributed by atoms with Gasteiger partial charge in [0.15, 0.2) is 0 Å².